The number of hydrogen-bond donors (Lipinski definition) is 2. The van der Waals surface area contributed by atoms with Crippen molar-refractivity contribution in [3.8, 4) is 0 Å². The number of nitrogens with one attached hydrogen (secondary N) is 2. The molecule has 0 fully saturated rings. The molecule has 1 amide bonds. The van der Waals surface area contributed by atoms with E-state index >= 15 is 0 Å². The van der Waals surface area contributed by atoms with E-state index in [4.69, 9.17) is 0 Å². The average Bonchev–Trinajstić information content (AvgIpc) is 2.82. The van der Waals surface area contributed by atoms with E-state index in [1.54, 1.807) is 43.4 Å². The summed E-state index contributed by atoms with van der Waals surface area (Å²) in [7, 11) is -3.37. The molecule has 2 N–H and O–H groups in total. The van der Waals surface area contributed by atoms with Crippen LogP contribution in [0, 0.1) is 0 Å². The quantitative estimate of drug-likeness (QED) is 0.278. The number of benzene rings is 3. The van der Waals surface area contributed by atoms with Gasteiger partial charge in [-0.15, -0.1) is 0 Å². The van der Waals surface area contributed by atoms with Crippen LogP contribution in [0.3, 0.4) is 0 Å². The number of carbonyl (C=O) groups is 3. The molecule has 3 aromatic carbocycles. The zero-order valence-electron chi connectivity index (χ0n) is 21.1. The first-order chi connectivity index (χ1) is 16.9. The van der Waals surface area contributed by atoms with Crippen LogP contribution in [-0.2, 0) is 14.9 Å². The van der Waals surface area contributed by atoms with Gasteiger partial charge in [0.1, 0.15) is 10.1 Å². The van der Waals surface area contributed by atoms with Crippen molar-refractivity contribution in [1.29, 1.82) is 0 Å². The monoisotopic (exact) mass is 529 g/mol. The van der Waals surface area contributed by atoms with Crippen molar-refractivity contribution in [2.45, 2.75) is 31.7 Å². The molecule has 1 aliphatic carbocycles. The Morgan fingerprint density at radius 1 is 0.892 bits per heavy atom. The molecule has 3 aromatic rings. The Morgan fingerprint density at radius 3 is 2.05 bits per heavy atom. The second-order valence-corrected chi connectivity index (χ2v) is 10.1. The molecule has 0 unspecified atom stereocenters. The van der Waals surface area contributed by atoms with Crippen molar-refractivity contribution in [2.75, 3.05) is 22.6 Å². The van der Waals surface area contributed by atoms with Crippen LogP contribution in [-0.4, -0.2) is 43.5 Å². The van der Waals surface area contributed by atoms with Crippen LogP contribution in [0.5, 0.6) is 0 Å². The molecule has 37 heavy (non-hydrogen) atoms. The molecule has 0 heterocycles. The summed E-state index contributed by atoms with van der Waals surface area (Å²) in [6, 6.07) is 13.7. The maximum absolute atomic E-state index is 13.7. The van der Waals surface area contributed by atoms with E-state index in [2.05, 4.69) is 10.6 Å². The van der Waals surface area contributed by atoms with Gasteiger partial charge in [0.15, 0.2) is 11.6 Å². The number of amides is 1. The second-order valence-electron chi connectivity index (χ2n) is 8.75. The maximum Gasteiger partial charge on any atom is 1.00 e. The Balaban J connectivity index is 0.00000380. The van der Waals surface area contributed by atoms with E-state index in [1.165, 1.54) is 24.0 Å². The van der Waals surface area contributed by atoms with E-state index in [9.17, 15) is 27.4 Å². The largest absolute Gasteiger partial charge is 1.00 e. The fourth-order valence-electron chi connectivity index (χ4n) is 4.14. The number of carbonyl (C=O) groups excluding carboxylic acids is 3. The molecular weight excluding hydrogens is 505 g/mol. The smallest absolute Gasteiger partial charge is 0.744 e. The minimum atomic E-state index is -5.02. The van der Waals surface area contributed by atoms with E-state index in [-0.39, 0.29) is 63.9 Å². The molecule has 0 saturated carbocycles. The van der Waals surface area contributed by atoms with Gasteiger partial charge in [-0.05, 0) is 56.3 Å². The van der Waals surface area contributed by atoms with Crippen LogP contribution in [0.25, 0.3) is 0 Å². The van der Waals surface area contributed by atoms with Crippen molar-refractivity contribution in [3.63, 3.8) is 0 Å². The van der Waals surface area contributed by atoms with E-state index in [0.29, 0.717) is 17.1 Å². The Bertz CT molecular complexity index is 1520. The molecule has 0 bridgehead atoms. The molecule has 0 spiro atoms. The number of ketones is 2. The van der Waals surface area contributed by atoms with Crippen LogP contribution < -0.4 is 45.1 Å². The fraction of sp³-hybridized carbons (Fsp3) is 0.192. The summed E-state index contributed by atoms with van der Waals surface area (Å²) < 4.78 is 35.8. The summed E-state index contributed by atoms with van der Waals surface area (Å²) in [5.41, 5.74) is 1.43. The molecular formula is C26H24N3NaO6S. The number of fused-ring (bicyclic) bond motifs is 2. The van der Waals surface area contributed by atoms with Gasteiger partial charge in [0.2, 0.25) is 5.91 Å². The van der Waals surface area contributed by atoms with Crippen molar-refractivity contribution >= 4 is 50.3 Å². The van der Waals surface area contributed by atoms with Gasteiger partial charge in [-0.2, -0.15) is 0 Å². The minimum Gasteiger partial charge on any atom is -0.744 e. The molecule has 0 aliphatic heterocycles. The zero-order chi connectivity index (χ0) is 26.4. The molecule has 4 rings (SSSR count). The van der Waals surface area contributed by atoms with Gasteiger partial charge in [-0.25, -0.2) is 8.42 Å². The van der Waals surface area contributed by atoms with Crippen LogP contribution in [0.2, 0.25) is 0 Å². The second kappa shape index (κ2) is 10.8. The molecule has 0 atom stereocenters. The van der Waals surface area contributed by atoms with Crippen molar-refractivity contribution in [2.24, 2.45) is 0 Å². The normalized spacial score (nSPS) is 12.4. The van der Waals surface area contributed by atoms with Crippen LogP contribution in [0.4, 0.5) is 22.7 Å². The minimum absolute atomic E-state index is 0. The summed E-state index contributed by atoms with van der Waals surface area (Å²) in [4.78, 5) is 39.7. The molecule has 186 valence electrons. The Labute approximate surface area is 237 Å². The molecule has 9 nitrogen and oxygen atoms in total. The number of nitrogens with zero attached hydrogens (tertiary/aromatic N) is 1. The van der Waals surface area contributed by atoms with Crippen molar-refractivity contribution in [3.05, 3.63) is 76.9 Å². The van der Waals surface area contributed by atoms with Gasteiger partial charge in [0.05, 0.1) is 27.3 Å². The predicted octanol–water partition coefficient (Wildman–Crippen LogP) is 0.917. The molecule has 0 radical (unpaired) electrons. The van der Waals surface area contributed by atoms with Gasteiger partial charge in [0, 0.05) is 42.6 Å². The van der Waals surface area contributed by atoms with E-state index in [1.807, 2.05) is 13.8 Å². The van der Waals surface area contributed by atoms with Gasteiger partial charge >= 0.3 is 29.6 Å². The molecule has 1 aliphatic rings. The third-order valence-corrected chi connectivity index (χ3v) is 6.76. The third-order valence-electron chi connectivity index (χ3n) is 5.88. The van der Waals surface area contributed by atoms with Crippen molar-refractivity contribution < 1.29 is 56.9 Å². The van der Waals surface area contributed by atoms with Crippen LogP contribution in [0.15, 0.2) is 59.5 Å². The van der Waals surface area contributed by atoms with Crippen LogP contribution in [0.1, 0.15) is 52.6 Å². The van der Waals surface area contributed by atoms with Gasteiger partial charge in [0.25, 0.3) is 0 Å². The summed E-state index contributed by atoms with van der Waals surface area (Å²) in [6.07, 6.45) is 0. The maximum atomic E-state index is 13.7. The van der Waals surface area contributed by atoms with Crippen LogP contribution >= 0.6 is 0 Å². The molecule has 11 heteroatoms. The van der Waals surface area contributed by atoms with E-state index < -0.39 is 32.1 Å². The standard InChI is InChI=1S/C26H25N3O6S.Na/c1-14(2)27-19-12-13-20(28-16-8-10-17(11-9-16)29(4)15(3)30)24-23(19)25(31)18-6-5-7-21(36(33,34)35)22(18)26(24)32;/h5-14,27-28H,1-4H3,(H,33,34,35);/q;+1/p-1. The SMILES string of the molecule is CC(=O)N(C)c1ccc(Nc2ccc(NC(C)C)c3c2C(=O)c2c(cccc2S(=O)(=O)[O-])C3=O)cc1.[Na+]. The summed E-state index contributed by atoms with van der Waals surface area (Å²) >= 11 is 0. The number of hydrogen-bond acceptors (Lipinski definition) is 8. The summed E-state index contributed by atoms with van der Waals surface area (Å²) in [5.74, 6) is -1.43. The molecule has 0 aromatic heterocycles. The Kier molecular flexibility index (Phi) is 8.31. The van der Waals surface area contributed by atoms with Gasteiger partial charge < -0.3 is 20.1 Å². The summed E-state index contributed by atoms with van der Waals surface area (Å²) in [5, 5.41) is 6.28. The fourth-order valence-corrected chi connectivity index (χ4v) is 4.84. The number of rotatable bonds is 6. The van der Waals surface area contributed by atoms with Gasteiger partial charge in [-0.3, -0.25) is 14.4 Å². The third kappa shape index (κ3) is 5.48. The topological polar surface area (TPSA) is 136 Å². The average molecular weight is 530 g/mol. The van der Waals surface area contributed by atoms with Gasteiger partial charge in [-0.1, -0.05) is 12.1 Å². The first-order valence-electron chi connectivity index (χ1n) is 11.1. The predicted molar refractivity (Wildman–Crippen MR) is 135 cm³/mol. The first-order valence-corrected chi connectivity index (χ1v) is 12.5. The zero-order valence-corrected chi connectivity index (χ0v) is 23.9. The Hall–Kier alpha value is -3.02. The first kappa shape index (κ1) is 28.5. The Morgan fingerprint density at radius 2 is 1.49 bits per heavy atom. The van der Waals surface area contributed by atoms with E-state index in [0.717, 1.165) is 6.07 Å². The number of anilines is 4. The molecule has 0 saturated heterocycles. The van der Waals surface area contributed by atoms with Crippen molar-refractivity contribution in [1.82, 2.24) is 0 Å². The summed E-state index contributed by atoms with van der Waals surface area (Å²) in [6.45, 7) is 5.20.